The van der Waals surface area contributed by atoms with Crippen LogP contribution < -0.4 is 0 Å². The first-order chi connectivity index (χ1) is 7.68. The maximum Gasteiger partial charge on any atom is -0.0155 e. The quantitative estimate of drug-likeness (QED) is 0.604. The summed E-state index contributed by atoms with van der Waals surface area (Å²) in [5.74, 6) is 0.611. The van der Waals surface area contributed by atoms with Crippen molar-refractivity contribution in [3.63, 3.8) is 0 Å². The Morgan fingerprint density at radius 1 is 0.938 bits per heavy atom. The van der Waals surface area contributed by atoms with Crippen LogP contribution in [0.4, 0.5) is 0 Å². The molecule has 0 unspecified atom stereocenters. The van der Waals surface area contributed by atoms with Crippen LogP contribution in [0.3, 0.4) is 0 Å². The van der Waals surface area contributed by atoms with E-state index in [1.807, 2.05) is 13.8 Å². The van der Waals surface area contributed by atoms with E-state index in [2.05, 4.69) is 57.2 Å². The molecule has 0 heterocycles. The maximum absolute atomic E-state index is 2.30. The second-order valence-corrected chi connectivity index (χ2v) is 4.21. The molecule has 0 aliphatic carbocycles. The van der Waals surface area contributed by atoms with Crippen molar-refractivity contribution in [1.82, 2.24) is 0 Å². The van der Waals surface area contributed by atoms with Crippen LogP contribution in [0.25, 0.3) is 10.8 Å². The highest BCUT2D eigenvalue weighted by molar-refractivity contribution is 5.86. The number of rotatable bonds is 1. The van der Waals surface area contributed by atoms with Crippen LogP contribution in [-0.4, -0.2) is 0 Å². The van der Waals surface area contributed by atoms with E-state index < -0.39 is 0 Å². The summed E-state index contributed by atoms with van der Waals surface area (Å²) in [6, 6.07) is 13.3. The van der Waals surface area contributed by atoms with Crippen molar-refractivity contribution in [2.45, 2.75) is 40.5 Å². The Labute approximate surface area is 99.3 Å². The van der Waals surface area contributed by atoms with Crippen molar-refractivity contribution < 1.29 is 0 Å². The van der Waals surface area contributed by atoms with Crippen molar-refractivity contribution in [3.8, 4) is 0 Å². The molecule has 0 atom stereocenters. The van der Waals surface area contributed by atoms with Gasteiger partial charge in [-0.15, -0.1) is 0 Å². The lowest BCUT2D eigenvalue weighted by Crippen LogP contribution is -1.87. The molecular formula is C16H22. The highest BCUT2D eigenvalue weighted by atomic mass is 14.1. The predicted molar refractivity (Wildman–Crippen MR) is 74.1 cm³/mol. The fourth-order valence-electron chi connectivity index (χ4n) is 1.82. The highest BCUT2D eigenvalue weighted by Gasteiger charge is 2.01. The summed E-state index contributed by atoms with van der Waals surface area (Å²) in [7, 11) is 0. The Morgan fingerprint density at radius 3 is 2.25 bits per heavy atom. The fourth-order valence-corrected chi connectivity index (χ4v) is 1.82. The fraction of sp³-hybridized carbons (Fsp3) is 0.375. The van der Waals surface area contributed by atoms with Gasteiger partial charge >= 0.3 is 0 Å². The van der Waals surface area contributed by atoms with Crippen molar-refractivity contribution in [2.24, 2.45) is 0 Å². The van der Waals surface area contributed by atoms with Gasteiger partial charge in [0, 0.05) is 0 Å². The van der Waals surface area contributed by atoms with E-state index in [0.717, 1.165) is 0 Å². The lowest BCUT2D eigenvalue weighted by atomic mass is 9.97. The molecule has 2 aromatic rings. The van der Waals surface area contributed by atoms with Gasteiger partial charge in [-0.05, 0) is 34.7 Å². The second kappa shape index (κ2) is 5.69. The van der Waals surface area contributed by atoms with Gasteiger partial charge in [-0.1, -0.05) is 64.1 Å². The topological polar surface area (TPSA) is 0 Å². The van der Waals surface area contributed by atoms with Gasteiger partial charge < -0.3 is 0 Å². The Morgan fingerprint density at radius 2 is 1.62 bits per heavy atom. The first kappa shape index (κ1) is 12.8. The van der Waals surface area contributed by atoms with Crippen LogP contribution in [0, 0.1) is 6.92 Å². The predicted octanol–water partition coefficient (Wildman–Crippen LogP) is 5.30. The molecule has 0 radical (unpaired) electrons. The molecular weight excluding hydrogens is 192 g/mol. The standard InChI is InChI=1S/C14H16.C2H6/c1-10(2)12-7-8-14-11(3)5-4-6-13(14)9-12;1-2/h4-10H,1-3H3;1-2H3. The molecule has 2 rings (SSSR count). The largest absolute Gasteiger partial charge is 0.0683 e. The van der Waals surface area contributed by atoms with Gasteiger partial charge in [-0.2, -0.15) is 0 Å². The maximum atomic E-state index is 2.30. The molecule has 0 saturated heterocycles. The SMILES string of the molecule is CC.Cc1cccc2cc(C(C)C)ccc12. The summed E-state index contributed by atoms with van der Waals surface area (Å²) in [4.78, 5) is 0. The van der Waals surface area contributed by atoms with E-state index in [1.54, 1.807) is 0 Å². The Balaban J connectivity index is 0.000000606. The van der Waals surface area contributed by atoms with Gasteiger partial charge in [0.2, 0.25) is 0 Å². The summed E-state index contributed by atoms with van der Waals surface area (Å²) in [6.07, 6.45) is 0. The minimum atomic E-state index is 0.611. The molecule has 0 aliphatic rings. The van der Waals surface area contributed by atoms with Crippen molar-refractivity contribution in [1.29, 1.82) is 0 Å². The van der Waals surface area contributed by atoms with Gasteiger partial charge in [0.25, 0.3) is 0 Å². The molecule has 0 aromatic heterocycles. The van der Waals surface area contributed by atoms with E-state index >= 15 is 0 Å². The molecule has 0 spiro atoms. The number of benzene rings is 2. The van der Waals surface area contributed by atoms with Gasteiger partial charge in [-0.3, -0.25) is 0 Å². The van der Waals surface area contributed by atoms with Gasteiger partial charge in [-0.25, -0.2) is 0 Å². The van der Waals surface area contributed by atoms with Crippen LogP contribution in [0.1, 0.15) is 44.7 Å². The molecule has 0 N–H and O–H groups in total. The molecule has 0 nitrogen and oxygen atoms in total. The Kier molecular flexibility index (Phi) is 4.54. The first-order valence-corrected chi connectivity index (χ1v) is 6.18. The van der Waals surface area contributed by atoms with Gasteiger partial charge in [0.05, 0.1) is 0 Å². The second-order valence-electron chi connectivity index (χ2n) is 4.21. The highest BCUT2D eigenvalue weighted by Crippen LogP contribution is 2.23. The minimum Gasteiger partial charge on any atom is -0.0683 e. The van der Waals surface area contributed by atoms with E-state index in [4.69, 9.17) is 0 Å². The van der Waals surface area contributed by atoms with Crippen molar-refractivity contribution in [3.05, 3.63) is 47.5 Å². The smallest absolute Gasteiger partial charge is 0.0155 e. The van der Waals surface area contributed by atoms with Crippen LogP contribution in [0.5, 0.6) is 0 Å². The molecule has 0 bridgehead atoms. The molecule has 86 valence electrons. The molecule has 0 aliphatic heterocycles. The van der Waals surface area contributed by atoms with Crippen LogP contribution >= 0.6 is 0 Å². The third-order valence-corrected chi connectivity index (χ3v) is 2.79. The monoisotopic (exact) mass is 214 g/mol. The molecule has 2 aromatic carbocycles. The number of hydrogen-bond acceptors (Lipinski definition) is 0. The zero-order valence-electron chi connectivity index (χ0n) is 11.0. The number of fused-ring (bicyclic) bond motifs is 1. The van der Waals surface area contributed by atoms with E-state index in [1.165, 1.54) is 21.9 Å². The van der Waals surface area contributed by atoms with Crippen LogP contribution in [0.2, 0.25) is 0 Å². The Bertz CT molecular complexity index is 453. The minimum absolute atomic E-state index is 0.611. The van der Waals surface area contributed by atoms with Gasteiger partial charge in [0.1, 0.15) is 0 Å². The number of hydrogen-bond donors (Lipinski definition) is 0. The van der Waals surface area contributed by atoms with E-state index in [-0.39, 0.29) is 0 Å². The van der Waals surface area contributed by atoms with E-state index in [9.17, 15) is 0 Å². The zero-order valence-corrected chi connectivity index (χ0v) is 11.0. The average molecular weight is 214 g/mol. The summed E-state index contributed by atoms with van der Waals surface area (Å²) < 4.78 is 0. The lowest BCUT2D eigenvalue weighted by Gasteiger charge is -2.08. The summed E-state index contributed by atoms with van der Waals surface area (Å²) in [6.45, 7) is 10.6. The summed E-state index contributed by atoms with van der Waals surface area (Å²) in [5.41, 5.74) is 2.78. The van der Waals surface area contributed by atoms with Crippen molar-refractivity contribution in [2.75, 3.05) is 0 Å². The first-order valence-electron chi connectivity index (χ1n) is 6.18. The van der Waals surface area contributed by atoms with Crippen molar-refractivity contribution >= 4 is 10.8 Å². The normalized spacial score (nSPS) is 10.1. The third kappa shape index (κ3) is 2.63. The molecule has 0 saturated carbocycles. The average Bonchev–Trinajstić information content (AvgIpc) is 2.31. The summed E-state index contributed by atoms with van der Waals surface area (Å²) >= 11 is 0. The number of aryl methyl sites for hydroxylation is 1. The third-order valence-electron chi connectivity index (χ3n) is 2.79. The van der Waals surface area contributed by atoms with E-state index in [0.29, 0.717) is 5.92 Å². The molecule has 0 heteroatoms. The lowest BCUT2D eigenvalue weighted by molar-refractivity contribution is 0.869. The Hall–Kier alpha value is -1.30. The van der Waals surface area contributed by atoms with Gasteiger partial charge in [0.15, 0.2) is 0 Å². The van der Waals surface area contributed by atoms with Crippen LogP contribution in [-0.2, 0) is 0 Å². The zero-order chi connectivity index (χ0) is 12.1. The molecule has 16 heavy (non-hydrogen) atoms. The molecule has 0 fully saturated rings. The molecule has 0 amide bonds. The van der Waals surface area contributed by atoms with Crippen LogP contribution in [0.15, 0.2) is 36.4 Å². The summed E-state index contributed by atoms with van der Waals surface area (Å²) in [5, 5.41) is 2.73.